The molecule has 0 atom stereocenters. The smallest absolute Gasteiger partial charge is 0.409 e. The number of H-pyrrole nitrogens is 1. The summed E-state index contributed by atoms with van der Waals surface area (Å²) in [5.41, 5.74) is 1.88. The van der Waals surface area contributed by atoms with Gasteiger partial charge in [-0.25, -0.2) is 4.79 Å². The van der Waals surface area contributed by atoms with Gasteiger partial charge < -0.3 is 24.8 Å². The molecule has 8 nitrogen and oxygen atoms in total. The van der Waals surface area contributed by atoms with E-state index >= 15 is 0 Å². The van der Waals surface area contributed by atoms with Gasteiger partial charge in [-0.15, -0.1) is 0 Å². The number of ether oxygens (including phenoxy) is 1. The van der Waals surface area contributed by atoms with Gasteiger partial charge in [-0.2, -0.15) is 0 Å². The standard InChI is InChI=1S/C19H24N4O4/c1-2-27-19(26)23-9-7-22(8-10-23)18(25)13-21-17(24)11-14-12-20-16-6-4-3-5-15(14)16/h3-6,12,20H,2,7-11,13H2,1H3,(H,21,24). The van der Waals surface area contributed by atoms with Crippen molar-refractivity contribution in [1.82, 2.24) is 20.1 Å². The first-order valence-corrected chi connectivity index (χ1v) is 9.09. The van der Waals surface area contributed by atoms with Crippen LogP contribution in [0.1, 0.15) is 12.5 Å². The minimum atomic E-state index is -0.350. The Hall–Kier alpha value is -3.03. The molecule has 1 saturated heterocycles. The van der Waals surface area contributed by atoms with E-state index in [9.17, 15) is 14.4 Å². The highest BCUT2D eigenvalue weighted by Gasteiger charge is 2.24. The van der Waals surface area contributed by atoms with Gasteiger partial charge in [0.2, 0.25) is 11.8 Å². The Morgan fingerprint density at radius 3 is 2.56 bits per heavy atom. The summed E-state index contributed by atoms with van der Waals surface area (Å²) in [6, 6.07) is 7.78. The quantitative estimate of drug-likeness (QED) is 0.823. The molecule has 144 valence electrons. The second-order valence-corrected chi connectivity index (χ2v) is 6.38. The van der Waals surface area contributed by atoms with E-state index in [0.717, 1.165) is 16.5 Å². The fraction of sp³-hybridized carbons (Fsp3) is 0.421. The number of aromatic amines is 1. The van der Waals surface area contributed by atoms with E-state index in [4.69, 9.17) is 4.74 Å². The van der Waals surface area contributed by atoms with Crippen LogP contribution in [-0.4, -0.2) is 72.0 Å². The topological polar surface area (TPSA) is 94.7 Å². The maximum Gasteiger partial charge on any atom is 0.409 e. The van der Waals surface area contributed by atoms with Crippen molar-refractivity contribution in [2.75, 3.05) is 39.3 Å². The van der Waals surface area contributed by atoms with Crippen molar-refractivity contribution in [3.05, 3.63) is 36.0 Å². The maximum absolute atomic E-state index is 12.3. The number of carbonyl (C=O) groups is 3. The number of amides is 3. The second-order valence-electron chi connectivity index (χ2n) is 6.38. The fourth-order valence-corrected chi connectivity index (χ4v) is 3.15. The third kappa shape index (κ3) is 4.58. The molecule has 0 aliphatic carbocycles. The predicted octanol–water partition coefficient (Wildman–Crippen LogP) is 1.13. The molecule has 1 aliphatic heterocycles. The largest absolute Gasteiger partial charge is 0.450 e. The monoisotopic (exact) mass is 372 g/mol. The number of aromatic nitrogens is 1. The van der Waals surface area contributed by atoms with Crippen LogP contribution < -0.4 is 5.32 Å². The highest BCUT2D eigenvalue weighted by molar-refractivity contribution is 5.90. The number of nitrogens with zero attached hydrogens (tertiary/aromatic N) is 2. The zero-order valence-corrected chi connectivity index (χ0v) is 15.4. The van der Waals surface area contributed by atoms with Crippen LogP contribution in [-0.2, 0) is 20.7 Å². The van der Waals surface area contributed by atoms with E-state index in [2.05, 4.69) is 10.3 Å². The van der Waals surface area contributed by atoms with Gasteiger partial charge in [0, 0.05) is 43.3 Å². The average molecular weight is 372 g/mol. The van der Waals surface area contributed by atoms with Gasteiger partial charge in [0.1, 0.15) is 0 Å². The summed E-state index contributed by atoms with van der Waals surface area (Å²) in [6.45, 7) is 3.81. The Kier molecular flexibility index (Phi) is 5.95. The van der Waals surface area contributed by atoms with Crippen molar-refractivity contribution in [2.24, 2.45) is 0 Å². The second kappa shape index (κ2) is 8.57. The maximum atomic E-state index is 12.3. The molecule has 1 aliphatic rings. The van der Waals surface area contributed by atoms with Crippen LogP contribution in [0.25, 0.3) is 10.9 Å². The Labute approximate surface area is 157 Å². The number of hydrogen-bond acceptors (Lipinski definition) is 4. The van der Waals surface area contributed by atoms with Crippen LogP contribution in [0.3, 0.4) is 0 Å². The highest BCUT2D eigenvalue weighted by Crippen LogP contribution is 2.17. The molecule has 1 fully saturated rings. The SMILES string of the molecule is CCOC(=O)N1CCN(C(=O)CNC(=O)Cc2c[nH]c3ccccc23)CC1. The summed E-state index contributed by atoms with van der Waals surface area (Å²) >= 11 is 0. The number of nitrogens with one attached hydrogen (secondary N) is 2. The lowest BCUT2D eigenvalue weighted by atomic mass is 10.1. The van der Waals surface area contributed by atoms with Gasteiger partial charge in [-0.1, -0.05) is 18.2 Å². The first kappa shape index (κ1) is 18.8. The summed E-state index contributed by atoms with van der Waals surface area (Å²) in [5.74, 6) is -0.343. The molecule has 0 unspecified atom stereocenters. The Morgan fingerprint density at radius 2 is 1.81 bits per heavy atom. The van der Waals surface area contributed by atoms with Gasteiger partial charge >= 0.3 is 6.09 Å². The van der Waals surface area contributed by atoms with Crippen LogP contribution in [0, 0.1) is 0 Å². The van der Waals surface area contributed by atoms with Crippen molar-refractivity contribution >= 4 is 28.8 Å². The molecule has 0 saturated carbocycles. The van der Waals surface area contributed by atoms with Crippen molar-refractivity contribution < 1.29 is 19.1 Å². The molecule has 3 rings (SSSR count). The molecule has 2 N–H and O–H groups in total. The Morgan fingerprint density at radius 1 is 1.11 bits per heavy atom. The number of carbonyl (C=O) groups excluding carboxylic acids is 3. The van der Waals surface area contributed by atoms with Gasteiger partial charge in [0.05, 0.1) is 19.6 Å². The fourth-order valence-electron chi connectivity index (χ4n) is 3.15. The first-order chi connectivity index (χ1) is 13.1. The van der Waals surface area contributed by atoms with E-state index < -0.39 is 0 Å². The van der Waals surface area contributed by atoms with Gasteiger partial charge in [-0.05, 0) is 18.6 Å². The van der Waals surface area contributed by atoms with E-state index in [-0.39, 0.29) is 30.9 Å². The molecule has 0 radical (unpaired) electrons. The Bertz CT molecular complexity index is 824. The van der Waals surface area contributed by atoms with Gasteiger partial charge in [-0.3, -0.25) is 9.59 Å². The summed E-state index contributed by atoms with van der Waals surface area (Å²) in [5, 5.41) is 3.70. The van der Waals surface area contributed by atoms with Gasteiger partial charge in [0.15, 0.2) is 0 Å². The zero-order chi connectivity index (χ0) is 19.2. The number of para-hydroxylation sites is 1. The normalized spacial score (nSPS) is 14.3. The van der Waals surface area contributed by atoms with Crippen molar-refractivity contribution in [2.45, 2.75) is 13.3 Å². The van der Waals surface area contributed by atoms with Crippen molar-refractivity contribution in [3.63, 3.8) is 0 Å². The molecule has 0 bridgehead atoms. The van der Waals surface area contributed by atoms with E-state index in [1.807, 2.05) is 30.5 Å². The van der Waals surface area contributed by atoms with Crippen LogP contribution in [0.4, 0.5) is 4.79 Å². The summed E-state index contributed by atoms with van der Waals surface area (Å²) in [7, 11) is 0. The molecule has 3 amide bonds. The third-order valence-electron chi connectivity index (χ3n) is 4.62. The van der Waals surface area contributed by atoms with Crippen LogP contribution in [0.2, 0.25) is 0 Å². The van der Waals surface area contributed by atoms with E-state index in [0.29, 0.717) is 32.8 Å². The first-order valence-electron chi connectivity index (χ1n) is 9.09. The lowest BCUT2D eigenvalue weighted by molar-refractivity contribution is -0.134. The summed E-state index contributed by atoms with van der Waals surface area (Å²) in [6.07, 6.45) is 1.69. The summed E-state index contributed by atoms with van der Waals surface area (Å²) in [4.78, 5) is 42.5. The van der Waals surface area contributed by atoms with Crippen molar-refractivity contribution in [3.8, 4) is 0 Å². The minimum absolute atomic E-state index is 0.0411. The average Bonchev–Trinajstić information content (AvgIpc) is 3.09. The number of rotatable bonds is 5. The molecule has 2 heterocycles. The predicted molar refractivity (Wildman–Crippen MR) is 100 cm³/mol. The zero-order valence-electron chi connectivity index (χ0n) is 15.4. The molecule has 27 heavy (non-hydrogen) atoms. The molecule has 2 aromatic rings. The van der Waals surface area contributed by atoms with Gasteiger partial charge in [0.25, 0.3) is 0 Å². The number of piperazine rings is 1. The lowest BCUT2D eigenvalue weighted by Gasteiger charge is -2.34. The molecule has 1 aromatic heterocycles. The lowest BCUT2D eigenvalue weighted by Crippen LogP contribution is -2.52. The molecule has 0 spiro atoms. The minimum Gasteiger partial charge on any atom is -0.450 e. The van der Waals surface area contributed by atoms with Crippen LogP contribution >= 0.6 is 0 Å². The van der Waals surface area contributed by atoms with Crippen LogP contribution in [0.5, 0.6) is 0 Å². The number of hydrogen-bond donors (Lipinski definition) is 2. The number of fused-ring (bicyclic) bond motifs is 1. The Balaban J connectivity index is 1.44. The third-order valence-corrected chi connectivity index (χ3v) is 4.62. The molecule has 1 aromatic carbocycles. The van der Waals surface area contributed by atoms with E-state index in [1.54, 1.807) is 16.7 Å². The molecular weight excluding hydrogens is 348 g/mol. The van der Waals surface area contributed by atoms with E-state index in [1.165, 1.54) is 0 Å². The highest BCUT2D eigenvalue weighted by atomic mass is 16.6. The molecule has 8 heteroatoms. The van der Waals surface area contributed by atoms with Crippen LogP contribution in [0.15, 0.2) is 30.5 Å². The van der Waals surface area contributed by atoms with Crippen molar-refractivity contribution in [1.29, 1.82) is 0 Å². The number of benzene rings is 1. The summed E-state index contributed by atoms with van der Waals surface area (Å²) < 4.78 is 4.96. The molecular formula is C19H24N4O4.